The number of nitrogens with zero attached hydrogens (tertiary/aromatic N) is 2. The normalized spacial score (nSPS) is 26.7. The zero-order valence-electron chi connectivity index (χ0n) is 19.7. The second kappa shape index (κ2) is 10.5. The number of sulfonamides is 1. The summed E-state index contributed by atoms with van der Waals surface area (Å²) < 4.78 is 28.4. The molecular weight excluding hydrogens is 436 g/mol. The third kappa shape index (κ3) is 6.42. The van der Waals surface area contributed by atoms with Gasteiger partial charge in [-0.2, -0.15) is 0 Å². The Kier molecular flexibility index (Phi) is 8.17. The summed E-state index contributed by atoms with van der Waals surface area (Å²) in [7, 11) is -4.78. The van der Waals surface area contributed by atoms with Crippen LogP contribution in [-0.4, -0.2) is 45.9 Å². The summed E-state index contributed by atoms with van der Waals surface area (Å²) in [4.78, 5) is 5.64. The molecule has 1 saturated heterocycles. The Bertz CT molecular complexity index is 924. The zero-order valence-corrected chi connectivity index (χ0v) is 21.6. The van der Waals surface area contributed by atoms with Gasteiger partial charge in [-0.1, -0.05) is 73.4 Å². The highest BCUT2D eigenvalue weighted by molar-refractivity contribution is 7.89. The molecular formula is C25H38N2O3SSi. The van der Waals surface area contributed by atoms with Gasteiger partial charge in [0.1, 0.15) is 6.61 Å². The van der Waals surface area contributed by atoms with Crippen LogP contribution in [0.15, 0.2) is 60.3 Å². The Hall–Kier alpha value is -1.70. The smallest absolute Gasteiger partial charge is 0.213 e. The Balaban J connectivity index is 1.82. The standard InChI is InChI=1S/C25H38N2O3SSi/c1-5-15-25(20-26-30-19-22-11-7-6-8-12-22)21-27(18-23-13-9-10-14-24(23)25)31(28,29)16-17-32(2,3)4/h5-12,20,23-24H,1,13-19,21H2,2-4H3/b26-20+/t23-,24-,25+/m1/s1. The van der Waals surface area contributed by atoms with E-state index in [9.17, 15) is 8.42 Å². The minimum atomic E-state index is -3.32. The van der Waals surface area contributed by atoms with E-state index in [0.29, 0.717) is 32.0 Å². The van der Waals surface area contributed by atoms with Crippen LogP contribution in [0.4, 0.5) is 0 Å². The molecule has 0 N–H and O–H groups in total. The van der Waals surface area contributed by atoms with E-state index < -0.39 is 23.5 Å². The minimum absolute atomic E-state index is 0.238. The summed E-state index contributed by atoms with van der Waals surface area (Å²) in [6.45, 7) is 12.1. The highest BCUT2D eigenvalue weighted by Gasteiger charge is 2.49. The molecule has 1 aliphatic carbocycles. The van der Waals surface area contributed by atoms with Crippen molar-refractivity contribution < 1.29 is 13.3 Å². The van der Waals surface area contributed by atoms with E-state index in [4.69, 9.17) is 4.84 Å². The van der Waals surface area contributed by atoms with Gasteiger partial charge in [0, 0.05) is 26.6 Å². The maximum absolute atomic E-state index is 13.3. The molecule has 0 spiro atoms. The third-order valence-corrected chi connectivity index (χ3v) is 10.6. The molecule has 5 nitrogen and oxygen atoms in total. The number of rotatable bonds is 10. The van der Waals surface area contributed by atoms with Crippen molar-refractivity contribution in [3.05, 3.63) is 60.7 Å². The molecule has 1 aliphatic heterocycles. The van der Waals surface area contributed by atoms with Crippen LogP contribution in [0.1, 0.15) is 24.8 Å². The SMILES string of the molecule is C=CC[C@]1(/C=N/OCc2ccccc2)CN(S(=O)(=O)CC[Si](C)(C)C)C[C@H]2CC=CC[C@H]21. The highest BCUT2D eigenvalue weighted by atomic mass is 32.2. The molecule has 32 heavy (non-hydrogen) atoms. The number of allylic oxidation sites excluding steroid dienone is 3. The van der Waals surface area contributed by atoms with Crippen LogP contribution in [0, 0.1) is 17.3 Å². The van der Waals surface area contributed by atoms with Gasteiger partial charge in [-0.25, -0.2) is 12.7 Å². The first-order chi connectivity index (χ1) is 15.2. The topological polar surface area (TPSA) is 59.0 Å². The van der Waals surface area contributed by atoms with Gasteiger partial charge in [0.05, 0.1) is 12.0 Å². The number of hydrogen-bond acceptors (Lipinski definition) is 4. The number of oxime groups is 1. The van der Waals surface area contributed by atoms with Crippen molar-refractivity contribution in [1.82, 2.24) is 4.31 Å². The van der Waals surface area contributed by atoms with Crippen molar-refractivity contribution in [2.45, 2.75) is 51.6 Å². The van der Waals surface area contributed by atoms with Crippen LogP contribution in [0.3, 0.4) is 0 Å². The average Bonchev–Trinajstić information content (AvgIpc) is 2.76. The Morgan fingerprint density at radius 3 is 2.62 bits per heavy atom. The monoisotopic (exact) mass is 474 g/mol. The van der Waals surface area contributed by atoms with Gasteiger partial charge in [0.2, 0.25) is 10.0 Å². The number of benzene rings is 1. The van der Waals surface area contributed by atoms with E-state index in [2.05, 4.69) is 43.5 Å². The lowest BCUT2D eigenvalue weighted by molar-refractivity contribution is 0.0655. The third-order valence-electron chi connectivity index (χ3n) is 6.70. The van der Waals surface area contributed by atoms with Crippen LogP contribution in [0.25, 0.3) is 0 Å². The fraction of sp³-hybridized carbons (Fsp3) is 0.560. The van der Waals surface area contributed by atoms with E-state index in [0.717, 1.165) is 24.4 Å². The summed E-state index contributed by atoms with van der Waals surface area (Å²) in [5.74, 6) is 0.857. The maximum atomic E-state index is 13.3. The summed E-state index contributed by atoms with van der Waals surface area (Å²) in [5.41, 5.74) is 0.651. The molecule has 1 aromatic carbocycles. The molecule has 1 aromatic rings. The van der Waals surface area contributed by atoms with E-state index in [1.807, 2.05) is 42.6 Å². The lowest BCUT2D eigenvalue weighted by Crippen LogP contribution is -2.56. The zero-order chi connectivity index (χ0) is 23.2. The first kappa shape index (κ1) is 24.9. The summed E-state index contributed by atoms with van der Waals surface area (Å²) >= 11 is 0. The molecule has 0 radical (unpaired) electrons. The molecule has 1 fully saturated rings. The van der Waals surface area contributed by atoms with Crippen molar-refractivity contribution in [2.75, 3.05) is 18.8 Å². The highest BCUT2D eigenvalue weighted by Crippen LogP contribution is 2.47. The van der Waals surface area contributed by atoms with E-state index in [1.54, 1.807) is 4.31 Å². The van der Waals surface area contributed by atoms with Gasteiger partial charge in [-0.05, 0) is 42.7 Å². The maximum Gasteiger partial charge on any atom is 0.213 e. The molecule has 0 aromatic heterocycles. The van der Waals surface area contributed by atoms with E-state index in [1.165, 1.54) is 0 Å². The van der Waals surface area contributed by atoms with Gasteiger partial charge in [-0.15, -0.1) is 6.58 Å². The molecule has 2 aliphatic rings. The molecule has 7 heteroatoms. The molecule has 0 unspecified atom stereocenters. The van der Waals surface area contributed by atoms with E-state index >= 15 is 0 Å². The number of hydrogen-bond donors (Lipinski definition) is 0. The van der Waals surface area contributed by atoms with Gasteiger partial charge in [0.25, 0.3) is 0 Å². The van der Waals surface area contributed by atoms with Crippen molar-refractivity contribution in [3.63, 3.8) is 0 Å². The second-order valence-corrected chi connectivity index (χ2v) is 18.2. The number of piperidine rings is 1. The molecule has 176 valence electrons. The average molecular weight is 475 g/mol. The first-order valence-corrected chi connectivity index (χ1v) is 16.9. The van der Waals surface area contributed by atoms with Crippen molar-refractivity contribution in [1.29, 1.82) is 0 Å². The lowest BCUT2D eigenvalue weighted by Gasteiger charge is -2.50. The van der Waals surface area contributed by atoms with Crippen LogP contribution >= 0.6 is 0 Å². The molecule has 1 heterocycles. The number of fused-ring (bicyclic) bond motifs is 1. The van der Waals surface area contributed by atoms with Gasteiger partial charge >= 0.3 is 0 Å². The molecule has 3 atom stereocenters. The molecule has 0 saturated carbocycles. The molecule has 0 bridgehead atoms. The summed E-state index contributed by atoms with van der Waals surface area (Å²) in [5, 5.41) is 4.36. The summed E-state index contributed by atoms with van der Waals surface area (Å²) in [6, 6.07) is 10.7. The fourth-order valence-electron chi connectivity index (χ4n) is 4.83. The van der Waals surface area contributed by atoms with Crippen LogP contribution in [-0.2, 0) is 21.5 Å². The Morgan fingerprint density at radius 2 is 1.94 bits per heavy atom. The van der Waals surface area contributed by atoms with Crippen molar-refractivity contribution >= 4 is 24.3 Å². The Labute approximate surface area is 195 Å². The van der Waals surface area contributed by atoms with E-state index in [-0.39, 0.29) is 11.7 Å². The van der Waals surface area contributed by atoms with Crippen molar-refractivity contribution in [3.8, 4) is 0 Å². The predicted molar refractivity (Wildman–Crippen MR) is 136 cm³/mol. The quantitative estimate of drug-likeness (QED) is 0.200. The first-order valence-electron chi connectivity index (χ1n) is 11.6. The second-order valence-electron chi connectivity index (χ2n) is 10.4. The molecule has 0 amide bonds. The predicted octanol–water partition coefficient (Wildman–Crippen LogP) is 5.32. The summed E-state index contributed by atoms with van der Waals surface area (Å²) in [6.07, 6.45) is 10.7. The van der Waals surface area contributed by atoms with Crippen LogP contribution < -0.4 is 0 Å². The van der Waals surface area contributed by atoms with Crippen LogP contribution in [0.5, 0.6) is 0 Å². The van der Waals surface area contributed by atoms with Gasteiger partial charge in [-0.3, -0.25) is 0 Å². The van der Waals surface area contributed by atoms with Gasteiger partial charge in [0.15, 0.2) is 0 Å². The minimum Gasteiger partial charge on any atom is -0.391 e. The lowest BCUT2D eigenvalue weighted by atomic mass is 9.62. The van der Waals surface area contributed by atoms with Gasteiger partial charge < -0.3 is 4.84 Å². The Morgan fingerprint density at radius 1 is 1.22 bits per heavy atom. The van der Waals surface area contributed by atoms with Crippen LogP contribution in [0.2, 0.25) is 25.7 Å². The van der Waals surface area contributed by atoms with Crippen molar-refractivity contribution in [2.24, 2.45) is 22.4 Å². The largest absolute Gasteiger partial charge is 0.391 e. The molecule has 3 rings (SSSR count). The fourth-order valence-corrected chi connectivity index (χ4v) is 9.42.